The fraction of sp³-hybridized carbons (Fsp3) is 0.538. The van der Waals surface area contributed by atoms with Crippen molar-refractivity contribution in [2.24, 2.45) is 0 Å². The quantitative estimate of drug-likeness (QED) is 0.651. The van der Waals surface area contributed by atoms with E-state index in [1.165, 1.54) is 26.2 Å². The van der Waals surface area contributed by atoms with Crippen LogP contribution in [0.2, 0.25) is 5.02 Å². The minimum absolute atomic E-state index is 0.00930. The van der Waals surface area contributed by atoms with Gasteiger partial charge in [-0.1, -0.05) is 11.6 Å². The van der Waals surface area contributed by atoms with Crippen LogP contribution in [-0.2, 0) is 14.8 Å². The molecule has 0 fully saturated rings. The molecule has 0 heterocycles. The number of methoxy groups -OCH3 is 1. The van der Waals surface area contributed by atoms with Gasteiger partial charge in [0, 0.05) is 37.4 Å². The predicted octanol–water partition coefficient (Wildman–Crippen LogP) is 1.30. The molecule has 1 unspecified atom stereocenters. The summed E-state index contributed by atoms with van der Waals surface area (Å²) in [6.07, 6.45) is 0.308. The minimum atomic E-state index is -3.81. The molecule has 8 heteroatoms. The number of nitrogens with one attached hydrogen (secondary N) is 1. The second-order valence-corrected chi connectivity index (χ2v) is 7.35. The summed E-state index contributed by atoms with van der Waals surface area (Å²) < 4.78 is 31.9. The molecule has 0 aromatic heterocycles. The molecule has 0 bridgehead atoms. The van der Waals surface area contributed by atoms with Crippen LogP contribution in [0.5, 0.6) is 0 Å². The van der Waals surface area contributed by atoms with Crippen LogP contribution in [0, 0.1) is 6.92 Å². The fourth-order valence-electron chi connectivity index (χ4n) is 1.69. The van der Waals surface area contributed by atoms with E-state index in [-0.39, 0.29) is 16.5 Å². The van der Waals surface area contributed by atoms with Gasteiger partial charge in [-0.3, -0.25) is 0 Å². The maximum atomic E-state index is 12.3. The number of ether oxygens (including phenoxy) is 1. The van der Waals surface area contributed by atoms with Crippen molar-refractivity contribution in [3.05, 3.63) is 22.7 Å². The van der Waals surface area contributed by atoms with Crippen molar-refractivity contribution < 1.29 is 18.3 Å². The zero-order valence-corrected chi connectivity index (χ0v) is 13.9. The summed E-state index contributed by atoms with van der Waals surface area (Å²) in [5, 5.41) is 10.3. The molecule has 120 valence electrons. The highest BCUT2D eigenvalue weighted by atomic mass is 35.5. The maximum absolute atomic E-state index is 12.3. The Hall–Kier alpha value is -0.860. The minimum Gasteiger partial charge on any atom is -0.398 e. The normalized spacial score (nSPS) is 14.9. The number of nitrogens with two attached hydrogens (primary N) is 1. The number of nitrogen functional groups attached to an aromatic ring is 1. The van der Waals surface area contributed by atoms with E-state index in [1.807, 2.05) is 0 Å². The molecule has 4 N–H and O–H groups in total. The summed E-state index contributed by atoms with van der Waals surface area (Å²) in [4.78, 5) is 0.00930. The van der Waals surface area contributed by atoms with Gasteiger partial charge in [0.15, 0.2) is 0 Å². The zero-order chi connectivity index (χ0) is 16.3. The van der Waals surface area contributed by atoms with Crippen LogP contribution in [-0.4, -0.2) is 39.4 Å². The average Bonchev–Trinajstić information content (AvgIpc) is 2.38. The largest absolute Gasteiger partial charge is 0.398 e. The molecule has 1 rings (SSSR count). The Labute approximate surface area is 130 Å². The second-order valence-electron chi connectivity index (χ2n) is 5.18. The highest BCUT2D eigenvalue weighted by Crippen LogP contribution is 2.26. The van der Waals surface area contributed by atoms with Crippen molar-refractivity contribution in [1.82, 2.24) is 4.72 Å². The van der Waals surface area contributed by atoms with Gasteiger partial charge in [-0.05, 0) is 31.5 Å². The lowest BCUT2D eigenvalue weighted by atomic mass is 10.0. The fourth-order valence-corrected chi connectivity index (χ4v) is 3.44. The first-order valence-corrected chi connectivity index (χ1v) is 8.22. The summed E-state index contributed by atoms with van der Waals surface area (Å²) in [7, 11) is -2.30. The average molecular weight is 337 g/mol. The van der Waals surface area contributed by atoms with Crippen molar-refractivity contribution in [2.45, 2.75) is 30.8 Å². The number of hydrogen-bond donors (Lipinski definition) is 3. The summed E-state index contributed by atoms with van der Waals surface area (Å²) in [5.41, 5.74) is 5.24. The smallest absolute Gasteiger partial charge is 0.241 e. The van der Waals surface area contributed by atoms with Crippen LogP contribution in [0.25, 0.3) is 0 Å². The summed E-state index contributed by atoms with van der Waals surface area (Å²) in [5.74, 6) is 0. The summed E-state index contributed by atoms with van der Waals surface area (Å²) in [6.45, 7) is 3.33. The summed E-state index contributed by atoms with van der Waals surface area (Å²) >= 11 is 5.85. The Morgan fingerprint density at radius 3 is 2.67 bits per heavy atom. The first-order valence-electron chi connectivity index (χ1n) is 6.36. The van der Waals surface area contributed by atoms with E-state index in [0.29, 0.717) is 24.3 Å². The van der Waals surface area contributed by atoms with Crippen LogP contribution in [0.3, 0.4) is 0 Å². The van der Waals surface area contributed by atoms with Gasteiger partial charge in [0.1, 0.15) is 0 Å². The molecule has 0 saturated carbocycles. The number of aliphatic hydroxyl groups is 1. The Morgan fingerprint density at radius 2 is 2.10 bits per heavy atom. The molecular formula is C13H21ClN2O4S. The highest BCUT2D eigenvalue weighted by molar-refractivity contribution is 7.89. The Balaban J connectivity index is 2.93. The third-order valence-electron chi connectivity index (χ3n) is 3.14. The maximum Gasteiger partial charge on any atom is 0.241 e. The van der Waals surface area contributed by atoms with E-state index in [4.69, 9.17) is 22.1 Å². The zero-order valence-electron chi connectivity index (χ0n) is 12.3. The van der Waals surface area contributed by atoms with E-state index in [0.717, 1.165) is 0 Å². The van der Waals surface area contributed by atoms with Crippen molar-refractivity contribution in [3.63, 3.8) is 0 Å². The van der Waals surface area contributed by atoms with Gasteiger partial charge in [-0.15, -0.1) is 0 Å². The SMILES string of the molecule is COCCC(C)(O)CNS(=O)(=O)c1cc(Cl)cc(N)c1C. The predicted molar refractivity (Wildman–Crippen MR) is 82.9 cm³/mol. The van der Waals surface area contributed by atoms with Crippen molar-refractivity contribution in [2.75, 3.05) is 26.0 Å². The molecule has 0 aliphatic heterocycles. The van der Waals surface area contributed by atoms with Gasteiger partial charge in [0.25, 0.3) is 0 Å². The molecule has 0 aliphatic carbocycles. The number of sulfonamides is 1. The van der Waals surface area contributed by atoms with Gasteiger partial charge in [-0.25, -0.2) is 13.1 Å². The third kappa shape index (κ3) is 5.12. The van der Waals surface area contributed by atoms with Gasteiger partial charge in [-0.2, -0.15) is 0 Å². The standard InChI is InChI=1S/C13H21ClN2O4S/c1-9-11(15)6-10(14)7-12(9)21(18,19)16-8-13(2,17)4-5-20-3/h6-7,16-17H,4-5,8,15H2,1-3H3. The van der Waals surface area contributed by atoms with Crippen LogP contribution in [0.15, 0.2) is 17.0 Å². The topological polar surface area (TPSA) is 102 Å². The molecule has 1 atom stereocenters. The van der Waals surface area contributed by atoms with Gasteiger partial charge in [0.05, 0.1) is 10.5 Å². The summed E-state index contributed by atoms with van der Waals surface area (Å²) in [6, 6.07) is 2.82. The molecule has 1 aromatic carbocycles. The molecule has 0 saturated heterocycles. The number of halogens is 1. The monoisotopic (exact) mass is 336 g/mol. The molecule has 0 spiro atoms. The molecule has 1 aromatic rings. The Bertz CT molecular complexity index is 602. The number of hydrogen-bond acceptors (Lipinski definition) is 5. The lowest BCUT2D eigenvalue weighted by molar-refractivity contribution is 0.0292. The number of benzene rings is 1. The molecule has 0 amide bonds. The highest BCUT2D eigenvalue weighted by Gasteiger charge is 2.25. The van der Waals surface area contributed by atoms with Crippen LogP contribution in [0.4, 0.5) is 5.69 Å². The number of anilines is 1. The Kier molecular flexibility index (Phi) is 6.01. The number of rotatable bonds is 7. The van der Waals surface area contributed by atoms with Gasteiger partial charge in [0.2, 0.25) is 10.0 Å². The molecule has 6 nitrogen and oxygen atoms in total. The first-order chi connectivity index (χ1) is 9.59. The van der Waals surface area contributed by atoms with Gasteiger partial charge < -0.3 is 15.6 Å². The van der Waals surface area contributed by atoms with Crippen LogP contribution >= 0.6 is 11.6 Å². The first kappa shape index (κ1) is 18.2. The lowest BCUT2D eigenvalue weighted by Gasteiger charge is -2.23. The van der Waals surface area contributed by atoms with E-state index >= 15 is 0 Å². The second kappa shape index (κ2) is 6.93. The third-order valence-corrected chi connectivity index (χ3v) is 4.89. The van der Waals surface area contributed by atoms with E-state index in [2.05, 4.69) is 4.72 Å². The van der Waals surface area contributed by atoms with Gasteiger partial charge >= 0.3 is 0 Å². The van der Waals surface area contributed by atoms with E-state index in [1.54, 1.807) is 6.92 Å². The molecule has 0 radical (unpaired) electrons. The van der Waals surface area contributed by atoms with Crippen molar-refractivity contribution in [3.8, 4) is 0 Å². The van der Waals surface area contributed by atoms with Crippen LogP contribution < -0.4 is 10.5 Å². The lowest BCUT2D eigenvalue weighted by Crippen LogP contribution is -2.41. The molecule has 0 aliphatic rings. The Morgan fingerprint density at radius 1 is 1.48 bits per heavy atom. The van der Waals surface area contributed by atoms with E-state index in [9.17, 15) is 13.5 Å². The molecule has 21 heavy (non-hydrogen) atoms. The van der Waals surface area contributed by atoms with Crippen LogP contribution in [0.1, 0.15) is 18.9 Å². The van der Waals surface area contributed by atoms with Crippen molar-refractivity contribution >= 4 is 27.3 Å². The van der Waals surface area contributed by atoms with Crippen molar-refractivity contribution in [1.29, 1.82) is 0 Å². The molecular weight excluding hydrogens is 316 g/mol. The van der Waals surface area contributed by atoms with E-state index < -0.39 is 15.6 Å².